The van der Waals surface area contributed by atoms with Gasteiger partial charge in [0.25, 0.3) is 0 Å². The first-order chi connectivity index (χ1) is 11.2. The third-order valence-corrected chi connectivity index (χ3v) is 5.41. The molecule has 1 aliphatic rings. The minimum absolute atomic E-state index is 0.141. The lowest BCUT2D eigenvalue weighted by atomic mass is 9.78. The fourth-order valence-electron chi connectivity index (χ4n) is 3.97. The molecule has 0 bridgehead atoms. The van der Waals surface area contributed by atoms with Gasteiger partial charge in [0.05, 0.1) is 11.6 Å². The minimum atomic E-state index is -0.493. The Balaban J connectivity index is 1.92. The van der Waals surface area contributed by atoms with Crippen molar-refractivity contribution in [1.82, 2.24) is 9.88 Å². The molecule has 1 aliphatic heterocycles. The Labute approximate surface area is 138 Å². The summed E-state index contributed by atoms with van der Waals surface area (Å²) in [5, 5.41) is 12.1. The number of aromatic nitrogens is 1. The summed E-state index contributed by atoms with van der Waals surface area (Å²) in [7, 11) is 2.11. The van der Waals surface area contributed by atoms with Crippen LogP contribution in [0.15, 0.2) is 49.2 Å². The number of likely N-dealkylation sites (N-methyl/N-ethyl adjacent to an activating group) is 1. The molecule has 0 aliphatic carbocycles. The first kappa shape index (κ1) is 16.2. The highest BCUT2D eigenvalue weighted by molar-refractivity contribution is 5.82. The fraction of sp³-hybridized carbons (Fsp3) is 0.450. The standard InChI is InChI=1S/C20H26N2O/c1-4-14-12-19(22(3)13-15(14)5-2)20(23)17-10-11-21-18-9-7-6-8-16(17)18/h5-11,14-15,19-20,23H,2,4,12-13H2,1,3H3/t14-,15-,19+,20-/m0/s1. The molecule has 0 saturated carbocycles. The summed E-state index contributed by atoms with van der Waals surface area (Å²) >= 11 is 0. The number of likely N-dealkylation sites (tertiary alicyclic amines) is 1. The molecule has 1 aromatic heterocycles. The van der Waals surface area contributed by atoms with Crippen molar-refractivity contribution in [2.24, 2.45) is 11.8 Å². The van der Waals surface area contributed by atoms with Gasteiger partial charge in [0, 0.05) is 24.2 Å². The number of aliphatic hydroxyl groups is 1. The Bertz CT molecular complexity index is 679. The molecule has 3 nitrogen and oxygen atoms in total. The Morgan fingerprint density at radius 2 is 2.17 bits per heavy atom. The molecule has 3 heteroatoms. The number of piperidine rings is 1. The van der Waals surface area contributed by atoms with Crippen molar-refractivity contribution in [2.75, 3.05) is 13.6 Å². The van der Waals surface area contributed by atoms with E-state index >= 15 is 0 Å². The molecule has 23 heavy (non-hydrogen) atoms. The molecule has 1 aromatic carbocycles. The van der Waals surface area contributed by atoms with Crippen LogP contribution in [0.5, 0.6) is 0 Å². The van der Waals surface area contributed by atoms with Crippen LogP contribution in [0, 0.1) is 11.8 Å². The topological polar surface area (TPSA) is 36.4 Å². The van der Waals surface area contributed by atoms with Crippen LogP contribution < -0.4 is 0 Å². The maximum Gasteiger partial charge on any atom is 0.0952 e. The van der Waals surface area contributed by atoms with Crippen molar-refractivity contribution in [3.8, 4) is 0 Å². The van der Waals surface area contributed by atoms with Gasteiger partial charge in [-0.25, -0.2) is 0 Å². The molecule has 1 N–H and O–H groups in total. The van der Waals surface area contributed by atoms with E-state index in [1.165, 1.54) is 0 Å². The smallest absolute Gasteiger partial charge is 0.0952 e. The van der Waals surface area contributed by atoms with Crippen molar-refractivity contribution < 1.29 is 5.11 Å². The van der Waals surface area contributed by atoms with Crippen LogP contribution >= 0.6 is 0 Å². The monoisotopic (exact) mass is 310 g/mol. The number of nitrogens with zero attached hydrogens (tertiary/aromatic N) is 2. The highest BCUT2D eigenvalue weighted by Gasteiger charge is 2.36. The maximum atomic E-state index is 11.1. The van der Waals surface area contributed by atoms with Gasteiger partial charge in [0.15, 0.2) is 0 Å². The molecule has 122 valence electrons. The molecule has 2 heterocycles. The molecule has 1 saturated heterocycles. The van der Waals surface area contributed by atoms with Crippen LogP contribution in [0.4, 0.5) is 0 Å². The van der Waals surface area contributed by atoms with Crippen molar-refractivity contribution in [3.05, 3.63) is 54.7 Å². The van der Waals surface area contributed by atoms with E-state index in [0.717, 1.165) is 35.9 Å². The third kappa shape index (κ3) is 3.04. The minimum Gasteiger partial charge on any atom is -0.387 e. The zero-order valence-corrected chi connectivity index (χ0v) is 14.0. The van der Waals surface area contributed by atoms with Crippen molar-refractivity contribution >= 4 is 10.9 Å². The normalized spacial score (nSPS) is 27.0. The molecule has 3 rings (SSSR count). The van der Waals surface area contributed by atoms with Gasteiger partial charge in [0.1, 0.15) is 0 Å². The van der Waals surface area contributed by atoms with Gasteiger partial charge < -0.3 is 5.11 Å². The molecule has 2 aromatic rings. The number of para-hydroxylation sites is 1. The van der Waals surface area contributed by atoms with E-state index in [1.54, 1.807) is 6.20 Å². The lowest BCUT2D eigenvalue weighted by Gasteiger charge is -2.43. The average Bonchev–Trinajstić information content (AvgIpc) is 2.60. The van der Waals surface area contributed by atoms with E-state index in [0.29, 0.717) is 11.8 Å². The second-order valence-corrected chi connectivity index (χ2v) is 6.67. The largest absolute Gasteiger partial charge is 0.387 e. The van der Waals surface area contributed by atoms with E-state index < -0.39 is 6.10 Å². The van der Waals surface area contributed by atoms with Crippen LogP contribution in [-0.2, 0) is 0 Å². The third-order valence-electron chi connectivity index (χ3n) is 5.41. The predicted molar refractivity (Wildman–Crippen MR) is 95.2 cm³/mol. The molecular weight excluding hydrogens is 284 g/mol. The second-order valence-electron chi connectivity index (χ2n) is 6.67. The van der Waals surface area contributed by atoms with Crippen LogP contribution in [0.3, 0.4) is 0 Å². The SMILES string of the molecule is C=C[C@H]1CN(C)[C@@H]([C@@H](O)c2ccnc3ccccc23)C[C@@H]1CC. The van der Waals surface area contributed by atoms with E-state index in [2.05, 4.69) is 36.5 Å². The maximum absolute atomic E-state index is 11.1. The molecule has 0 unspecified atom stereocenters. The number of benzene rings is 1. The summed E-state index contributed by atoms with van der Waals surface area (Å²) in [5.74, 6) is 1.11. The summed E-state index contributed by atoms with van der Waals surface area (Å²) in [6, 6.07) is 10.1. The second kappa shape index (κ2) is 6.81. The van der Waals surface area contributed by atoms with Crippen LogP contribution in [0.25, 0.3) is 10.9 Å². The lowest BCUT2D eigenvalue weighted by molar-refractivity contribution is 0.00748. The van der Waals surface area contributed by atoms with Crippen molar-refractivity contribution in [3.63, 3.8) is 0 Å². The van der Waals surface area contributed by atoms with E-state index in [-0.39, 0.29) is 6.04 Å². The number of aliphatic hydroxyl groups excluding tert-OH is 1. The summed E-state index contributed by atoms with van der Waals surface area (Å²) in [5.41, 5.74) is 1.93. The van der Waals surface area contributed by atoms with Gasteiger partial charge in [0.2, 0.25) is 0 Å². The average molecular weight is 310 g/mol. The highest BCUT2D eigenvalue weighted by atomic mass is 16.3. The lowest BCUT2D eigenvalue weighted by Crippen LogP contribution is -2.47. The van der Waals surface area contributed by atoms with Crippen LogP contribution in [0.2, 0.25) is 0 Å². The van der Waals surface area contributed by atoms with Gasteiger partial charge in [-0.1, -0.05) is 37.6 Å². The summed E-state index contributed by atoms with van der Waals surface area (Å²) < 4.78 is 0. The fourth-order valence-corrected chi connectivity index (χ4v) is 3.97. The molecule has 1 fully saturated rings. The van der Waals surface area contributed by atoms with E-state index in [9.17, 15) is 5.11 Å². The number of hydrogen-bond donors (Lipinski definition) is 1. The molecular formula is C20H26N2O. The van der Waals surface area contributed by atoms with Gasteiger partial charge >= 0.3 is 0 Å². The Hall–Kier alpha value is -1.71. The summed E-state index contributed by atoms with van der Waals surface area (Å²) in [4.78, 5) is 6.70. The van der Waals surface area contributed by atoms with Crippen LogP contribution in [-0.4, -0.2) is 34.6 Å². The first-order valence-electron chi connectivity index (χ1n) is 8.50. The van der Waals surface area contributed by atoms with Gasteiger partial charge in [-0.15, -0.1) is 6.58 Å². The zero-order valence-electron chi connectivity index (χ0n) is 14.0. The molecule has 0 radical (unpaired) electrons. The van der Waals surface area contributed by atoms with Gasteiger partial charge in [-0.05, 0) is 43.0 Å². The van der Waals surface area contributed by atoms with E-state index in [4.69, 9.17) is 0 Å². The Morgan fingerprint density at radius 3 is 2.91 bits per heavy atom. The number of hydrogen-bond acceptors (Lipinski definition) is 3. The molecule has 0 spiro atoms. The molecule has 4 atom stereocenters. The zero-order chi connectivity index (χ0) is 16.4. The van der Waals surface area contributed by atoms with Gasteiger partial charge in [-0.3, -0.25) is 9.88 Å². The summed E-state index contributed by atoms with van der Waals surface area (Å²) in [6.45, 7) is 7.19. The first-order valence-corrected chi connectivity index (χ1v) is 8.50. The number of fused-ring (bicyclic) bond motifs is 1. The van der Waals surface area contributed by atoms with Crippen molar-refractivity contribution in [1.29, 1.82) is 0 Å². The molecule has 0 amide bonds. The predicted octanol–water partition coefficient (Wildman–Crippen LogP) is 3.80. The van der Waals surface area contributed by atoms with Crippen molar-refractivity contribution in [2.45, 2.75) is 31.9 Å². The highest BCUT2D eigenvalue weighted by Crippen LogP contribution is 2.37. The quantitative estimate of drug-likeness (QED) is 0.873. The summed E-state index contributed by atoms with van der Waals surface area (Å²) in [6.07, 6.45) is 5.52. The van der Waals surface area contributed by atoms with Crippen LogP contribution in [0.1, 0.15) is 31.4 Å². The van der Waals surface area contributed by atoms with Gasteiger partial charge in [-0.2, -0.15) is 0 Å². The Morgan fingerprint density at radius 1 is 1.39 bits per heavy atom. The Kier molecular flexibility index (Phi) is 4.79. The number of rotatable bonds is 4. The van der Waals surface area contributed by atoms with E-state index in [1.807, 2.05) is 30.3 Å². The number of pyridine rings is 1.